The van der Waals surface area contributed by atoms with Gasteiger partial charge in [0.05, 0.1) is 0 Å². The fraction of sp³-hybridized carbons (Fsp3) is 0.0769. The molecule has 15 heavy (non-hydrogen) atoms. The first-order valence-electron chi connectivity index (χ1n) is 5.13. The normalized spacial score (nSPS) is 12.3. The smallest absolute Gasteiger partial charge is 0.0849 e. The van der Waals surface area contributed by atoms with E-state index in [1.165, 1.54) is 27.7 Å². The summed E-state index contributed by atoms with van der Waals surface area (Å²) in [6.07, 6.45) is 1.03. The third-order valence-corrected chi connectivity index (χ3v) is 3.46. The van der Waals surface area contributed by atoms with Crippen LogP contribution >= 0.6 is 11.6 Å². The van der Waals surface area contributed by atoms with Gasteiger partial charge in [0.15, 0.2) is 0 Å². The van der Waals surface area contributed by atoms with Crippen LogP contribution < -0.4 is 5.46 Å². The van der Waals surface area contributed by atoms with E-state index in [1.54, 1.807) is 0 Å². The molecule has 0 amide bonds. The molecule has 72 valence electrons. The average Bonchev–Trinajstić information content (AvgIpc) is 2.59. The Bertz CT molecular complexity index is 546. The highest BCUT2D eigenvalue weighted by Crippen LogP contribution is 2.39. The Morgan fingerprint density at radius 1 is 1.07 bits per heavy atom. The van der Waals surface area contributed by atoms with E-state index in [9.17, 15) is 0 Å². The van der Waals surface area contributed by atoms with E-state index in [0.717, 1.165) is 11.4 Å². The van der Waals surface area contributed by atoms with E-state index < -0.39 is 0 Å². The molecule has 0 fully saturated rings. The molecule has 0 aromatic heterocycles. The van der Waals surface area contributed by atoms with Crippen LogP contribution in [-0.2, 0) is 6.42 Å². The van der Waals surface area contributed by atoms with Crippen molar-refractivity contribution >= 4 is 24.9 Å². The van der Waals surface area contributed by atoms with Gasteiger partial charge in [0.1, 0.15) is 7.85 Å². The van der Waals surface area contributed by atoms with Crippen molar-refractivity contribution in [3.05, 3.63) is 52.5 Å². The Kier molecular flexibility index (Phi) is 1.90. The summed E-state index contributed by atoms with van der Waals surface area (Å²) in [5.41, 5.74) is 6.70. The van der Waals surface area contributed by atoms with Gasteiger partial charge in [-0.2, -0.15) is 0 Å². The van der Waals surface area contributed by atoms with E-state index in [0.29, 0.717) is 0 Å². The van der Waals surface area contributed by atoms with Gasteiger partial charge in [-0.3, -0.25) is 0 Å². The minimum atomic E-state index is 0.872. The van der Waals surface area contributed by atoms with Crippen LogP contribution in [0.4, 0.5) is 0 Å². The molecule has 0 saturated carbocycles. The first kappa shape index (κ1) is 9.05. The first-order chi connectivity index (χ1) is 7.27. The van der Waals surface area contributed by atoms with Crippen molar-refractivity contribution in [2.75, 3.05) is 0 Å². The predicted octanol–water partition coefficient (Wildman–Crippen LogP) is 2.17. The molecule has 1 aliphatic carbocycles. The maximum atomic E-state index is 6.25. The predicted molar refractivity (Wildman–Crippen MR) is 67.9 cm³/mol. The van der Waals surface area contributed by atoms with E-state index in [2.05, 4.69) is 32.1 Å². The van der Waals surface area contributed by atoms with Gasteiger partial charge < -0.3 is 0 Å². The second-order valence-electron chi connectivity index (χ2n) is 4.05. The van der Waals surface area contributed by atoms with Gasteiger partial charge >= 0.3 is 0 Å². The number of benzene rings is 2. The molecule has 2 heteroatoms. The highest BCUT2D eigenvalue weighted by molar-refractivity contribution is 6.36. The van der Waals surface area contributed by atoms with Crippen molar-refractivity contribution < 1.29 is 0 Å². The lowest BCUT2D eigenvalue weighted by molar-refractivity contribution is 1.28. The van der Waals surface area contributed by atoms with Gasteiger partial charge in [0, 0.05) is 10.6 Å². The topological polar surface area (TPSA) is 0 Å². The van der Waals surface area contributed by atoms with Crippen LogP contribution in [0.2, 0.25) is 5.02 Å². The summed E-state index contributed by atoms with van der Waals surface area (Å²) >= 11 is 6.25. The number of hydrogen-bond acceptors (Lipinski definition) is 0. The number of halogens is 1. The average molecular weight is 212 g/mol. The van der Waals surface area contributed by atoms with Crippen LogP contribution in [0.1, 0.15) is 11.1 Å². The maximum Gasteiger partial charge on any atom is 0.139 e. The summed E-state index contributed by atoms with van der Waals surface area (Å²) in [6.45, 7) is 0. The zero-order chi connectivity index (χ0) is 10.4. The Morgan fingerprint density at radius 3 is 2.73 bits per heavy atom. The van der Waals surface area contributed by atoms with E-state index in [-0.39, 0.29) is 0 Å². The Morgan fingerprint density at radius 2 is 1.87 bits per heavy atom. The van der Waals surface area contributed by atoms with E-state index >= 15 is 0 Å². The minimum absolute atomic E-state index is 0.872. The molecular weight excluding hydrogens is 202 g/mol. The standard InChI is InChI=1S/C13H10BCl/c14-11-5-2-4-9-10(11)7-8-3-1-6-12(15)13(8)9/h1-6H,7,14H2. The van der Waals surface area contributed by atoms with Gasteiger partial charge in [0.2, 0.25) is 0 Å². The molecule has 0 aliphatic heterocycles. The molecule has 0 N–H and O–H groups in total. The molecule has 0 unspecified atom stereocenters. The number of rotatable bonds is 0. The Hall–Kier alpha value is -1.21. The van der Waals surface area contributed by atoms with Crippen LogP contribution in [0, 0.1) is 0 Å². The van der Waals surface area contributed by atoms with E-state index in [1.807, 2.05) is 12.1 Å². The van der Waals surface area contributed by atoms with Crippen molar-refractivity contribution in [1.82, 2.24) is 0 Å². The highest BCUT2D eigenvalue weighted by atomic mass is 35.5. The van der Waals surface area contributed by atoms with Gasteiger partial charge in [-0.05, 0) is 29.2 Å². The molecule has 2 aromatic carbocycles. The summed E-state index contributed by atoms with van der Waals surface area (Å²) in [7, 11) is 2.17. The second kappa shape index (κ2) is 3.14. The first-order valence-corrected chi connectivity index (χ1v) is 5.51. The van der Waals surface area contributed by atoms with Gasteiger partial charge in [-0.15, -0.1) is 0 Å². The minimum Gasteiger partial charge on any atom is -0.0849 e. The van der Waals surface area contributed by atoms with Crippen molar-refractivity contribution in [3.63, 3.8) is 0 Å². The summed E-state index contributed by atoms with van der Waals surface area (Å²) in [5.74, 6) is 0. The van der Waals surface area contributed by atoms with Crippen molar-refractivity contribution in [2.45, 2.75) is 6.42 Å². The molecule has 0 atom stereocenters. The molecule has 0 radical (unpaired) electrons. The van der Waals surface area contributed by atoms with Crippen molar-refractivity contribution in [1.29, 1.82) is 0 Å². The molecule has 0 nitrogen and oxygen atoms in total. The molecule has 0 saturated heterocycles. The Balaban J connectivity index is 2.36. The number of fused-ring (bicyclic) bond motifs is 3. The van der Waals surface area contributed by atoms with Crippen LogP contribution in [0.25, 0.3) is 11.1 Å². The SMILES string of the molecule is Bc1cccc2c1Cc1cccc(Cl)c1-2. The van der Waals surface area contributed by atoms with Crippen LogP contribution in [0.3, 0.4) is 0 Å². The molecule has 3 rings (SSSR count). The second-order valence-corrected chi connectivity index (χ2v) is 4.46. The van der Waals surface area contributed by atoms with Crippen molar-refractivity contribution in [2.24, 2.45) is 0 Å². The molecule has 0 spiro atoms. The quantitative estimate of drug-likeness (QED) is 0.501. The van der Waals surface area contributed by atoms with Gasteiger partial charge in [0.25, 0.3) is 0 Å². The van der Waals surface area contributed by atoms with Crippen LogP contribution in [0.5, 0.6) is 0 Å². The fourth-order valence-corrected chi connectivity index (χ4v) is 2.68. The third kappa shape index (κ3) is 1.23. The summed E-state index contributed by atoms with van der Waals surface area (Å²) in [4.78, 5) is 0. The van der Waals surface area contributed by atoms with Crippen molar-refractivity contribution in [3.8, 4) is 11.1 Å². The third-order valence-electron chi connectivity index (χ3n) is 3.15. The molecular formula is C13H10BCl. The molecule has 2 aromatic rings. The van der Waals surface area contributed by atoms with Crippen LogP contribution in [-0.4, -0.2) is 7.85 Å². The largest absolute Gasteiger partial charge is 0.139 e. The van der Waals surface area contributed by atoms with E-state index in [4.69, 9.17) is 11.6 Å². The summed E-state index contributed by atoms with van der Waals surface area (Å²) in [5, 5.41) is 0.872. The molecule has 1 aliphatic rings. The van der Waals surface area contributed by atoms with Crippen LogP contribution in [0.15, 0.2) is 36.4 Å². The Labute approximate surface area is 95.3 Å². The lowest BCUT2D eigenvalue weighted by atomic mass is 9.88. The lowest BCUT2D eigenvalue weighted by Gasteiger charge is -2.04. The molecule has 0 heterocycles. The molecule has 0 bridgehead atoms. The van der Waals surface area contributed by atoms with Gasteiger partial charge in [-0.25, -0.2) is 0 Å². The monoisotopic (exact) mass is 212 g/mol. The zero-order valence-electron chi connectivity index (χ0n) is 8.55. The highest BCUT2D eigenvalue weighted by Gasteiger charge is 2.21. The summed E-state index contributed by atoms with van der Waals surface area (Å²) in [6, 6.07) is 12.6. The number of hydrogen-bond donors (Lipinski definition) is 0. The zero-order valence-corrected chi connectivity index (χ0v) is 9.31. The maximum absolute atomic E-state index is 6.25. The fourth-order valence-electron chi connectivity index (χ4n) is 2.38. The summed E-state index contributed by atoms with van der Waals surface area (Å²) < 4.78 is 0. The lowest BCUT2D eigenvalue weighted by Crippen LogP contribution is -2.08. The van der Waals surface area contributed by atoms with Gasteiger partial charge in [-0.1, -0.05) is 47.4 Å².